The summed E-state index contributed by atoms with van der Waals surface area (Å²) in [4.78, 5) is 19.7. The van der Waals surface area contributed by atoms with Gasteiger partial charge in [0.15, 0.2) is 0 Å². The first-order valence-corrected chi connectivity index (χ1v) is 11.1. The molecule has 0 aliphatic carbocycles. The van der Waals surface area contributed by atoms with E-state index in [0.717, 1.165) is 22.4 Å². The van der Waals surface area contributed by atoms with E-state index in [9.17, 15) is 4.79 Å². The third-order valence-corrected chi connectivity index (χ3v) is 6.40. The number of anilines is 1. The highest BCUT2D eigenvalue weighted by atomic mass is 35.5. The second-order valence-corrected chi connectivity index (χ2v) is 8.74. The molecule has 0 N–H and O–H groups in total. The van der Waals surface area contributed by atoms with Gasteiger partial charge in [-0.1, -0.05) is 47.5 Å². The van der Waals surface area contributed by atoms with Crippen LogP contribution in [0.1, 0.15) is 23.7 Å². The second kappa shape index (κ2) is 8.49. The predicted molar refractivity (Wildman–Crippen MR) is 128 cm³/mol. The standard InChI is InChI=1S/C25H21Cl2N3O2/c1-32-19-9-10-20(27)23(13-19)29-15-17(12-24(29)31)25-28-21-7-2-3-8-22(21)30(25)14-16-5-4-6-18(26)11-16/h2-11,13,17H,12,14-15H2,1H3/t17-/m0/s1. The van der Waals surface area contributed by atoms with Gasteiger partial charge in [-0.15, -0.1) is 0 Å². The van der Waals surface area contributed by atoms with Gasteiger partial charge in [-0.25, -0.2) is 4.98 Å². The Labute approximate surface area is 196 Å². The molecule has 0 saturated carbocycles. The van der Waals surface area contributed by atoms with Gasteiger partial charge in [0.05, 0.1) is 28.9 Å². The molecule has 1 aromatic heterocycles. The molecule has 0 spiro atoms. The first-order chi connectivity index (χ1) is 15.5. The number of carbonyl (C=O) groups excluding carboxylic acids is 1. The summed E-state index contributed by atoms with van der Waals surface area (Å²) < 4.78 is 7.52. The molecule has 4 aromatic rings. The normalized spacial score (nSPS) is 16.2. The number of ether oxygens (including phenoxy) is 1. The van der Waals surface area contributed by atoms with Crippen molar-refractivity contribution in [3.8, 4) is 5.75 Å². The van der Waals surface area contributed by atoms with Crippen molar-refractivity contribution >= 4 is 45.8 Å². The minimum atomic E-state index is -0.0589. The Morgan fingerprint density at radius 3 is 2.72 bits per heavy atom. The van der Waals surface area contributed by atoms with Crippen LogP contribution in [0.25, 0.3) is 11.0 Å². The van der Waals surface area contributed by atoms with E-state index in [-0.39, 0.29) is 11.8 Å². The third kappa shape index (κ3) is 3.83. The molecule has 1 saturated heterocycles. The number of imidazole rings is 1. The van der Waals surface area contributed by atoms with E-state index in [1.165, 1.54) is 0 Å². The summed E-state index contributed by atoms with van der Waals surface area (Å²) in [7, 11) is 1.60. The minimum Gasteiger partial charge on any atom is -0.497 e. The number of amides is 1. The van der Waals surface area contributed by atoms with Crippen molar-refractivity contribution in [1.29, 1.82) is 0 Å². The zero-order chi connectivity index (χ0) is 22.2. The topological polar surface area (TPSA) is 47.4 Å². The molecule has 0 radical (unpaired) electrons. The summed E-state index contributed by atoms with van der Waals surface area (Å²) in [5, 5.41) is 1.22. The molecule has 7 heteroatoms. The number of nitrogens with zero attached hydrogens (tertiary/aromatic N) is 3. The summed E-state index contributed by atoms with van der Waals surface area (Å²) in [6, 6.07) is 21.2. The maximum absolute atomic E-state index is 13.0. The number of methoxy groups -OCH3 is 1. The number of halogens is 2. The van der Waals surface area contributed by atoms with Crippen LogP contribution in [0.2, 0.25) is 10.0 Å². The van der Waals surface area contributed by atoms with Crippen LogP contribution in [0.3, 0.4) is 0 Å². The van der Waals surface area contributed by atoms with Crippen LogP contribution in [-0.4, -0.2) is 29.1 Å². The quantitative estimate of drug-likeness (QED) is 0.367. The van der Waals surface area contributed by atoms with Crippen molar-refractivity contribution in [1.82, 2.24) is 9.55 Å². The fraction of sp³-hybridized carbons (Fsp3) is 0.200. The highest BCUT2D eigenvalue weighted by Crippen LogP contribution is 2.38. The summed E-state index contributed by atoms with van der Waals surface area (Å²) in [6.07, 6.45) is 0.367. The van der Waals surface area contributed by atoms with Crippen molar-refractivity contribution in [2.45, 2.75) is 18.9 Å². The zero-order valence-electron chi connectivity index (χ0n) is 17.5. The number of hydrogen-bond donors (Lipinski definition) is 0. The Hall–Kier alpha value is -3.02. The van der Waals surface area contributed by atoms with Gasteiger partial charge in [0.2, 0.25) is 5.91 Å². The maximum Gasteiger partial charge on any atom is 0.227 e. The van der Waals surface area contributed by atoms with Crippen LogP contribution in [0, 0.1) is 0 Å². The van der Waals surface area contributed by atoms with Gasteiger partial charge in [0, 0.05) is 36.5 Å². The van der Waals surface area contributed by atoms with E-state index in [2.05, 4.69) is 10.6 Å². The number of aromatic nitrogens is 2. The van der Waals surface area contributed by atoms with Crippen LogP contribution < -0.4 is 9.64 Å². The molecule has 5 rings (SSSR count). The zero-order valence-corrected chi connectivity index (χ0v) is 19.0. The van der Waals surface area contributed by atoms with Crippen molar-refractivity contribution in [2.75, 3.05) is 18.6 Å². The fourth-order valence-corrected chi connectivity index (χ4v) is 4.76. The smallest absolute Gasteiger partial charge is 0.227 e. The molecule has 32 heavy (non-hydrogen) atoms. The van der Waals surface area contributed by atoms with Crippen molar-refractivity contribution in [3.05, 3.63) is 88.2 Å². The number of carbonyl (C=O) groups is 1. The third-order valence-electron chi connectivity index (χ3n) is 5.85. The van der Waals surface area contributed by atoms with E-state index in [1.807, 2.05) is 42.5 Å². The molecule has 1 amide bonds. The van der Waals surface area contributed by atoms with Gasteiger partial charge < -0.3 is 14.2 Å². The Balaban J connectivity index is 1.53. The summed E-state index contributed by atoms with van der Waals surface area (Å²) in [5.74, 6) is 1.51. The molecule has 0 bridgehead atoms. The molecule has 1 fully saturated rings. The second-order valence-electron chi connectivity index (χ2n) is 7.90. The number of para-hydroxylation sites is 2. The van der Waals surface area contributed by atoms with Crippen molar-refractivity contribution < 1.29 is 9.53 Å². The largest absolute Gasteiger partial charge is 0.497 e. The van der Waals surface area contributed by atoms with Crippen molar-refractivity contribution in [2.24, 2.45) is 0 Å². The monoisotopic (exact) mass is 465 g/mol. The SMILES string of the molecule is COc1ccc(Cl)c(N2C[C@@H](c3nc4ccccc4n3Cc3cccc(Cl)c3)CC2=O)c1. The first kappa shape index (κ1) is 20.9. The Bertz CT molecular complexity index is 1320. The molecule has 3 aromatic carbocycles. The van der Waals surface area contributed by atoms with Gasteiger partial charge in [0.25, 0.3) is 0 Å². The highest BCUT2D eigenvalue weighted by Gasteiger charge is 2.35. The van der Waals surface area contributed by atoms with Gasteiger partial charge in [-0.2, -0.15) is 0 Å². The van der Waals surface area contributed by atoms with Gasteiger partial charge in [-0.05, 0) is 42.0 Å². The summed E-state index contributed by atoms with van der Waals surface area (Å²) >= 11 is 12.6. The molecular formula is C25H21Cl2N3O2. The van der Waals surface area contributed by atoms with Gasteiger partial charge >= 0.3 is 0 Å². The van der Waals surface area contributed by atoms with E-state index in [0.29, 0.717) is 41.0 Å². The predicted octanol–water partition coefficient (Wildman–Crippen LogP) is 5.92. The first-order valence-electron chi connectivity index (χ1n) is 10.4. The van der Waals surface area contributed by atoms with Crippen LogP contribution in [0.4, 0.5) is 5.69 Å². The molecule has 1 aliphatic heterocycles. The Kier molecular flexibility index (Phi) is 5.53. The lowest BCUT2D eigenvalue weighted by Crippen LogP contribution is -2.25. The summed E-state index contributed by atoms with van der Waals surface area (Å²) in [5.41, 5.74) is 3.69. The van der Waals surface area contributed by atoms with E-state index >= 15 is 0 Å². The molecule has 5 nitrogen and oxygen atoms in total. The Morgan fingerprint density at radius 2 is 1.91 bits per heavy atom. The van der Waals surface area contributed by atoms with Crippen LogP contribution in [0.15, 0.2) is 66.7 Å². The lowest BCUT2D eigenvalue weighted by atomic mass is 10.1. The molecular weight excluding hydrogens is 445 g/mol. The lowest BCUT2D eigenvalue weighted by Gasteiger charge is -2.19. The lowest BCUT2D eigenvalue weighted by molar-refractivity contribution is -0.117. The van der Waals surface area contributed by atoms with Crippen molar-refractivity contribution in [3.63, 3.8) is 0 Å². The van der Waals surface area contributed by atoms with E-state index in [1.54, 1.807) is 30.2 Å². The maximum atomic E-state index is 13.0. The highest BCUT2D eigenvalue weighted by molar-refractivity contribution is 6.34. The average molecular weight is 466 g/mol. The van der Waals surface area contributed by atoms with Gasteiger partial charge in [-0.3, -0.25) is 4.79 Å². The van der Waals surface area contributed by atoms with E-state index in [4.69, 9.17) is 32.9 Å². The van der Waals surface area contributed by atoms with Crippen LogP contribution in [-0.2, 0) is 11.3 Å². The molecule has 0 unspecified atom stereocenters. The number of hydrogen-bond acceptors (Lipinski definition) is 3. The average Bonchev–Trinajstić information content (AvgIpc) is 3.35. The fourth-order valence-electron chi connectivity index (χ4n) is 4.33. The molecule has 162 valence electrons. The molecule has 1 aliphatic rings. The molecule has 1 atom stereocenters. The number of fused-ring (bicyclic) bond motifs is 1. The summed E-state index contributed by atoms with van der Waals surface area (Å²) in [6.45, 7) is 1.13. The van der Waals surface area contributed by atoms with Crippen LogP contribution >= 0.6 is 23.2 Å². The van der Waals surface area contributed by atoms with Crippen LogP contribution in [0.5, 0.6) is 5.75 Å². The minimum absolute atomic E-state index is 0.0199. The van der Waals surface area contributed by atoms with Gasteiger partial charge in [0.1, 0.15) is 11.6 Å². The number of benzene rings is 3. The Morgan fingerprint density at radius 1 is 1.06 bits per heavy atom. The number of rotatable bonds is 5. The molecule has 2 heterocycles. The van der Waals surface area contributed by atoms with E-state index < -0.39 is 0 Å².